The van der Waals surface area contributed by atoms with Crippen LogP contribution in [-0.2, 0) is 4.79 Å². The molecule has 0 radical (unpaired) electrons. The van der Waals surface area contributed by atoms with Gasteiger partial charge in [0.1, 0.15) is 6.04 Å². The van der Waals surface area contributed by atoms with E-state index in [4.69, 9.17) is 4.42 Å². The highest BCUT2D eigenvalue weighted by atomic mass is 32.2. The van der Waals surface area contributed by atoms with Crippen LogP contribution in [0.5, 0.6) is 0 Å². The third kappa shape index (κ3) is 3.01. The Labute approximate surface area is 133 Å². The van der Waals surface area contributed by atoms with E-state index >= 15 is 0 Å². The SMILES string of the molecule is CC(C)c1nnc([C@@H](C)NC(=O)CC2=CSC3=NCCN23)o1. The van der Waals surface area contributed by atoms with Gasteiger partial charge >= 0.3 is 0 Å². The summed E-state index contributed by atoms with van der Waals surface area (Å²) in [7, 11) is 0. The molecule has 0 aliphatic carbocycles. The van der Waals surface area contributed by atoms with Crippen LogP contribution < -0.4 is 5.32 Å². The highest BCUT2D eigenvalue weighted by Crippen LogP contribution is 2.30. The number of aromatic nitrogens is 2. The number of hydrogen-bond acceptors (Lipinski definition) is 7. The molecule has 1 N–H and O–H groups in total. The molecule has 22 heavy (non-hydrogen) atoms. The molecule has 0 saturated carbocycles. The normalized spacial score (nSPS) is 18.3. The van der Waals surface area contributed by atoms with Gasteiger partial charge in [-0.05, 0) is 12.3 Å². The Bertz CT molecular complexity index is 637. The number of nitrogens with one attached hydrogen (secondary N) is 1. The molecular weight excluding hydrogens is 302 g/mol. The highest BCUT2D eigenvalue weighted by Gasteiger charge is 2.28. The molecule has 1 aromatic rings. The highest BCUT2D eigenvalue weighted by molar-refractivity contribution is 8.16. The number of aliphatic imine (C=N–C) groups is 1. The molecule has 0 spiro atoms. The Kier molecular flexibility index (Phi) is 4.19. The fourth-order valence-corrected chi connectivity index (χ4v) is 3.24. The van der Waals surface area contributed by atoms with Crippen molar-refractivity contribution in [2.45, 2.75) is 39.2 Å². The van der Waals surface area contributed by atoms with Crippen LogP contribution in [0.15, 0.2) is 20.5 Å². The third-order valence-corrected chi connectivity index (χ3v) is 4.44. The maximum Gasteiger partial charge on any atom is 0.238 e. The zero-order valence-corrected chi connectivity index (χ0v) is 13.7. The van der Waals surface area contributed by atoms with E-state index in [9.17, 15) is 4.79 Å². The number of nitrogens with zero attached hydrogens (tertiary/aromatic N) is 4. The first kappa shape index (κ1) is 15.1. The quantitative estimate of drug-likeness (QED) is 0.893. The number of amidine groups is 1. The summed E-state index contributed by atoms with van der Waals surface area (Å²) in [4.78, 5) is 18.7. The zero-order chi connectivity index (χ0) is 15.7. The summed E-state index contributed by atoms with van der Waals surface area (Å²) < 4.78 is 5.56. The largest absolute Gasteiger partial charge is 0.423 e. The van der Waals surface area contributed by atoms with Crippen molar-refractivity contribution in [3.8, 4) is 0 Å². The third-order valence-electron chi connectivity index (χ3n) is 3.49. The van der Waals surface area contributed by atoms with Crippen LogP contribution in [0.25, 0.3) is 0 Å². The van der Waals surface area contributed by atoms with Gasteiger partial charge < -0.3 is 14.6 Å². The van der Waals surface area contributed by atoms with E-state index in [1.54, 1.807) is 11.8 Å². The van der Waals surface area contributed by atoms with E-state index in [-0.39, 0.29) is 17.9 Å². The van der Waals surface area contributed by atoms with E-state index in [1.807, 2.05) is 26.2 Å². The van der Waals surface area contributed by atoms with Gasteiger partial charge in [0.15, 0.2) is 5.17 Å². The van der Waals surface area contributed by atoms with Crippen LogP contribution >= 0.6 is 11.8 Å². The Morgan fingerprint density at radius 3 is 2.91 bits per heavy atom. The summed E-state index contributed by atoms with van der Waals surface area (Å²) in [5.41, 5.74) is 0.999. The van der Waals surface area contributed by atoms with E-state index in [0.29, 0.717) is 18.2 Å². The van der Waals surface area contributed by atoms with Gasteiger partial charge in [0, 0.05) is 18.2 Å². The summed E-state index contributed by atoms with van der Waals surface area (Å²) in [5, 5.41) is 13.9. The fourth-order valence-electron chi connectivity index (χ4n) is 2.29. The molecule has 1 atom stereocenters. The summed E-state index contributed by atoms with van der Waals surface area (Å²) in [6, 6.07) is -0.297. The standard InChI is InChI=1S/C14H19N5O2S/c1-8(2)12-17-18-13(21-12)9(3)16-11(20)6-10-7-22-14-15-4-5-19(10)14/h7-9H,4-6H2,1-3H3,(H,16,20)/t9-/m1/s1. The first-order valence-electron chi connectivity index (χ1n) is 7.35. The van der Waals surface area contributed by atoms with Crippen LogP contribution in [0, 0.1) is 0 Å². The molecule has 2 aliphatic heterocycles. The van der Waals surface area contributed by atoms with Crippen LogP contribution in [0.2, 0.25) is 0 Å². The van der Waals surface area contributed by atoms with Crippen molar-refractivity contribution >= 4 is 22.8 Å². The molecule has 1 amide bonds. The minimum absolute atomic E-state index is 0.0585. The second-order valence-electron chi connectivity index (χ2n) is 5.64. The first-order valence-corrected chi connectivity index (χ1v) is 8.23. The smallest absolute Gasteiger partial charge is 0.238 e. The van der Waals surface area contributed by atoms with Crippen LogP contribution in [0.1, 0.15) is 50.9 Å². The average molecular weight is 321 g/mol. The van der Waals surface area contributed by atoms with Gasteiger partial charge in [-0.25, -0.2) is 0 Å². The van der Waals surface area contributed by atoms with Crippen molar-refractivity contribution < 1.29 is 9.21 Å². The Morgan fingerprint density at radius 1 is 1.41 bits per heavy atom. The van der Waals surface area contributed by atoms with Crippen molar-refractivity contribution in [2.24, 2.45) is 4.99 Å². The lowest BCUT2D eigenvalue weighted by Gasteiger charge is -2.17. The van der Waals surface area contributed by atoms with Crippen LogP contribution in [-0.4, -0.2) is 39.3 Å². The summed E-state index contributed by atoms with van der Waals surface area (Å²) in [6.07, 6.45) is 0.335. The molecule has 7 nitrogen and oxygen atoms in total. The van der Waals surface area contributed by atoms with Crippen molar-refractivity contribution in [1.82, 2.24) is 20.4 Å². The second kappa shape index (κ2) is 6.12. The number of carbonyl (C=O) groups excluding carboxylic acids is 1. The van der Waals surface area contributed by atoms with Crippen LogP contribution in [0.4, 0.5) is 0 Å². The van der Waals surface area contributed by atoms with Crippen molar-refractivity contribution in [2.75, 3.05) is 13.1 Å². The summed E-state index contributed by atoms with van der Waals surface area (Å²) in [6.45, 7) is 7.48. The van der Waals surface area contributed by atoms with Gasteiger partial charge in [0.2, 0.25) is 17.7 Å². The maximum absolute atomic E-state index is 12.2. The topological polar surface area (TPSA) is 83.6 Å². The molecule has 2 aliphatic rings. The van der Waals surface area contributed by atoms with Gasteiger partial charge in [-0.1, -0.05) is 25.6 Å². The summed E-state index contributed by atoms with van der Waals surface area (Å²) in [5.74, 6) is 1.15. The van der Waals surface area contributed by atoms with Gasteiger partial charge in [-0.2, -0.15) is 0 Å². The number of rotatable bonds is 5. The molecule has 118 valence electrons. The fraction of sp³-hybridized carbons (Fsp3) is 0.571. The van der Waals surface area contributed by atoms with Crippen molar-refractivity contribution in [3.63, 3.8) is 0 Å². The molecular formula is C14H19N5O2S. The number of amides is 1. The van der Waals surface area contributed by atoms with Gasteiger partial charge in [-0.15, -0.1) is 10.2 Å². The van der Waals surface area contributed by atoms with E-state index in [2.05, 4.69) is 25.4 Å². The van der Waals surface area contributed by atoms with Crippen molar-refractivity contribution in [3.05, 3.63) is 22.9 Å². The Hall–Kier alpha value is -1.83. The lowest BCUT2D eigenvalue weighted by atomic mass is 10.2. The minimum Gasteiger partial charge on any atom is -0.423 e. The molecule has 1 aromatic heterocycles. The minimum atomic E-state index is -0.297. The number of carbonyl (C=O) groups is 1. The Morgan fingerprint density at radius 2 is 2.18 bits per heavy atom. The molecule has 8 heteroatoms. The molecule has 0 unspecified atom stereocenters. The van der Waals surface area contributed by atoms with Crippen LogP contribution in [0.3, 0.4) is 0 Å². The Balaban J connectivity index is 1.56. The molecule has 3 rings (SSSR count). The molecule has 0 fully saturated rings. The average Bonchev–Trinajstić information content (AvgIpc) is 3.15. The van der Waals surface area contributed by atoms with Gasteiger partial charge in [0.25, 0.3) is 0 Å². The van der Waals surface area contributed by atoms with Gasteiger partial charge in [-0.3, -0.25) is 9.79 Å². The van der Waals surface area contributed by atoms with E-state index < -0.39 is 0 Å². The van der Waals surface area contributed by atoms with E-state index in [1.165, 1.54) is 0 Å². The summed E-state index contributed by atoms with van der Waals surface area (Å²) >= 11 is 1.58. The predicted molar refractivity (Wildman–Crippen MR) is 84.2 cm³/mol. The lowest BCUT2D eigenvalue weighted by Crippen LogP contribution is -2.30. The maximum atomic E-state index is 12.2. The predicted octanol–water partition coefficient (Wildman–Crippen LogP) is 2.02. The number of hydrogen-bond donors (Lipinski definition) is 1. The number of fused-ring (bicyclic) bond motifs is 1. The monoisotopic (exact) mass is 321 g/mol. The number of thioether (sulfide) groups is 1. The molecule has 3 heterocycles. The second-order valence-corrected chi connectivity index (χ2v) is 6.48. The molecule has 0 bridgehead atoms. The lowest BCUT2D eigenvalue weighted by molar-refractivity contribution is -0.121. The van der Waals surface area contributed by atoms with Crippen molar-refractivity contribution in [1.29, 1.82) is 0 Å². The zero-order valence-electron chi connectivity index (χ0n) is 12.9. The molecule has 0 saturated heterocycles. The van der Waals surface area contributed by atoms with Gasteiger partial charge in [0.05, 0.1) is 13.0 Å². The van der Waals surface area contributed by atoms with E-state index in [0.717, 1.165) is 24.0 Å². The first-order chi connectivity index (χ1) is 10.5. The molecule has 0 aromatic carbocycles.